The molecule has 2 N–H and O–H groups in total. The first kappa shape index (κ1) is 23.4. The summed E-state index contributed by atoms with van der Waals surface area (Å²) in [5.41, 5.74) is 2.25. The van der Waals surface area contributed by atoms with Crippen LogP contribution in [0.25, 0.3) is 6.08 Å². The van der Waals surface area contributed by atoms with Gasteiger partial charge < -0.3 is 20.1 Å². The third kappa shape index (κ3) is 6.12. The lowest BCUT2D eigenvalue weighted by molar-refractivity contribution is -0.118. The molecular weight excluding hydrogens is 454 g/mol. The van der Waals surface area contributed by atoms with Gasteiger partial charge in [-0.2, -0.15) is 4.99 Å². The van der Waals surface area contributed by atoms with Gasteiger partial charge in [-0.25, -0.2) is 0 Å². The molecule has 0 saturated carbocycles. The van der Waals surface area contributed by atoms with E-state index in [2.05, 4.69) is 15.6 Å². The minimum absolute atomic E-state index is 0.205. The van der Waals surface area contributed by atoms with Gasteiger partial charge in [0.15, 0.2) is 23.3 Å². The van der Waals surface area contributed by atoms with Crippen molar-refractivity contribution >= 4 is 58.0 Å². The van der Waals surface area contributed by atoms with Crippen molar-refractivity contribution in [2.75, 3.05) is 19.0 Å². The Hall–Kier alpha value is -3.30. The average molecular weight is 474 g/mol. The number of nitrogens with zero attached hydrogens (tertiary/aromatic N) is 1. The molecule has 10 heteroatoms. The summed E-state index contributed by atoms with van der Waals surface area (Å²) in [6.07, 6.45) is 1.58. The number of thioether (sulfide) groups is 1. The van der Waals surface area contributed by atoms with Crippen LogP contribution in [-0.2, 0) is 14.4 Å². The molecule has 0 fully saturated rings. The molecule has 3 amide bonds. The summed E-state index contributed by atoms with van der Waals surface area (Å²) < 4.78 is 10.9. The van der Waals surface area contributed by atoms with Gasteiger partial charge in [-0.3, -0.25) is 14.4 Å². The SMILES string of the molecule is COc1cc(/C=C2\SC(NC(C)=O)=NC2=O)cc(Cl)c1OCC(=O)Nc1cccc(C)c1. The zero-order valence-corrected chi connectivity index (χ0v) is 19.1. The largest absolute Gasteiger partial charge is 0.493 e. The van der Waals surface area contributed by atoms with Gasteiger partial charge in [0.25, 0.3) is 11.8 Å². The monoisotopic (exact) mass is 473 g/mol. The molecule has 8 nitrogen and oxygen atoms in total. The fourth-order valence-electron chi connectivity index (χ4n) is 2.79. The number of benzene rings is 2. The van der Waals surface area contributed by atoms with E-state index in [1.54, 1.807) is 24.3 Å². The molecule has 166 valence electrons. The lowest BCUT2D eigenvalue weighted by Gasteiger charge is -2.13. The van der Waals surface area contributed by atoms with Crippen LogP contribution >= 0.6 is 23.4 Å². The van der Waals surface area contributed by atoms with Gasteiger partial charge in [0.05, 0.1) is 17.0 Å². The van der Waals surface area contributed by atoms with Gasteiger partial charge in [0.1, 0.15) is 0 Å². The Morgan fingerprint density at radius 3 is 2.69 bits per heavy atom. The van der Waals surface area contributed by atoms with E-state index in [4.69, 9.17) is 21.1 Å². The van der Waals surface area contributed by atoms with Crippen molar-refractivity contribution in [3.8, 4) is 11.5 Å². The standard InChI is InChI=1S/C22H20ClN3O5S/c1-12-5-4-6-15(7-12)25-19(28)11-31-20-16(23)8-14(9-17(20)30-3)10-18-21(29)26-22(32-18)24-13(2)27/h4-10H,11H2,1-3H3,(H,25,28)(H,24,26,27,29)/b18-10-. The Bertz CT molecular complexity index is 1150. The maximum absolute atomic E-state index is 12.2. The van der Waals surface area contributed by atoms with Crippen LogP contribution in [0, 0.1) is 6.92 Å². The molecule has 0 aromatic heterocycles. The maximum Gasteiger partial charge on any atom is 0.286 e. The highest BCUT2D eigenvalue weighted by molar-refractivity contribution is 8.18. The fourth-order valence-corrected chi connectivity index (χ4v) is 3.92. The molecule has 2 aromatic carbocycles. The topological polar surface area (TPSA) is 106 Å². The number of aryl methyl sites for hydroxylation is 1. The van der Waals surface area contributed by atoms with Gasteiger partial charge in [-0.15, -0.1) is 0 Å². The second kappa shape index (κ2) is 10.3. The van der Waals surface area contributed by atoms with Crippen LogP contribution < -0.4 is 20.1 Å². The summed E-state index contributed by atoms with van der Waals surface area (Å²) in [5.74, 6) is -0.636. The molecule has 32 heavy (non-hydrogen) atoms. The van der Waals surface area contributed by atoms with Crippen LogP contribution in [0.15, 0.2) is 46.3 Å². The van der Waals surface area contributed by atoms with Crippen molar-refractivity contribution in [1.29, 1.82) is 0 Å². The number of halogens is 1. The molecule has 3 rings (SSSR count). The van der Waals surface area contributed by atoms with Crippen LogP contribution in [0.5, 0.6) is 11.5 Å². The van der Waals surface area contributed by atoms with E-state index in [9.17, 15) is 14.4 Å². The lowest BCUT2D eigenvalue weighted by atomic mass is 10.2. The average Bonchev–Trinajstić information content (AvgIpc) is 3.04. The number of carbonyl (C=O) groups excluding carboxylic acids is 3. The van der Waals surface area contributed by atoms with Gasteiger partial charge in [0.2, 0.25) is 5.91 Å². The number of hydrogen-bond donors (Lipinski definition) is 2. The molecule has 1 heterocycles. The minimum Gasteiger partial charge on any atom is -0.493 e. The van der Waals surface area contributed by atoms with Gasteiger partial charge >= 0.3 is 0 Å². The lowest BCUT2D eigenvalue weighted by Crippen LogP contribution is -2.23. The quantitative estimate of drug-likeness (QED) is 0.618. The summed E-state index contributed by atoms with van der Waals surface area (Å²) in [7, 11) is 1.44. The number of carbonyl (C=O) groups is 3. The van der Waals surface area contributed by atoms with Crippen LogP contribution in [0.1, 0.15) is 18.1 Å². The Morgan fingerprint density at radius 2 is 2.00 bits per heavy atom. The van der Waals surface area contributed by atoms with Crippen molar-refractivity contribution < 1.29 is 23.9 Å². The van der Waals surface area contributed by atoms with Crippen molar-refractivity contribution in [3.63, 3.8) is 0 Å². The third-order valence-corrected chi connectivity index (χ3v) is 5.28. The zero-order chi connectivity index (χ0) is 23.3. The minimum atomic E-state index is -0.470. The van der Waals surface area contributed by atoms with Crippen LogP contribution in [0.3, 0.4) is 0 Å². The van der Waals surface area contributed by atoms with Crippen LogP contribution in [0.4, 0.5) is 5.69 Å². The predicted octanol–water partition coefficient (Wildman–Crippen LogP) is 3.78. The summed E-state index contributed by atoms with van der Waals surface area (Å²) in [6, 6.07) is 10.6. The van der Waals surface area contributed by atoms with E-state index in [1.165, 1.54) is 14.0 Å². The van der Waals surface area contributed by atoms with Crippen molar-refractivity contribution in [2.45, 2.75) is 13.8 Å². The number of ether oxygens (including phenoxy) is 2. The molecule has 0 unspecified atom stereocenters. The summed E-state index contributed by atoms with van der Waals surface area (Å²) >= 11 is 7.40. The van der Waals surface area contributed by atoms with Gasteiger partial charge in [-0.05, 0) is 60.2 Å². The number of amides is 3. The molecular formula is C22H20ClN3O5S. The number of rotatable bonds is 6. The van der Waals surface area contributed by atoms with E-state index < -0.39 is 5.91 Å². The molecule has 0 spiro atoms. The first-order valence-corrected chi connectivity index (χ1v) is 10.6. The Morgan fingerprint density at radius 1 is 1.22 bits per heavy atom. The van der Waals surface area contributed by atoms with E-state index >= 15 is 0 Å². The van der Waals surface area contributed by atoms with E-state index in [0.29, 0.717) is 21.9 Å². The Balaban J connectivity index is 1.71. The normalized spacial score (nSPS) is 14.2. The molecule has 0 saturated heterocycles. The Kier molecular flexibility index (Phi) is 7.55. The van der Waals surface area contributed by atoms with E-state index in [1.807, 2.05) is 25.1 Å². The number of aliphatic imine (C=N–C) groups is 1. The number of hydrogen-bond acceptors (Lipinski definition) is 6. The van der Waals surface area contributed by atoms with Crippen LogP contribution in [0.2, 0.25) is 5.02 Å². The predicted molar refractivity (Wildman–Crippen MR) is 125 cm³/mol. The molecule has 1 aliphatic heterocycles. The Labute approximate surface area is 194 Å². The number of nitrogens with one attached hydrogen (secondary N) is 2. The zero-order valence-electron chi connectivity index (χ0n) is 17.5. The summed E-state index contributed by atoms with van der Waals surface area (Å²) in [5, 5.41) is 5.65. The van der Waals surface area contributed by atoms with Crippen molar-refractivity contribution in [2.24, 2.45) is 4.99 Å². The summed E-state index contributed by atoms with van der Waals surface area (Å²) in [6.45, 7) is 2.99. The highest BCUT2D eigenvalue weighted by Gasteiger charge is 2.23. The van der Waals surface area contributed by atoms with Crippen molar-refractivity contribution in [1.82, 2.24) is 5.32 Å². The van der Waals surface area contributed by atoms with E-state index in [0.717, 1.165) is 17.3 Å². The highest BCUT2D eigenvalue weighted by Crippen LogP contribution is 2.38. The number of anilines is 1. The molecule has 0 aliphatic carbocycles. The highest BCUT2D eigenvalue weighted by atomic mass is 35.5. The fraction of sp³-hybridized carbons (Fsp3) is 0.182. The number of amidine groups is 1. The van der Waals surface area contributed by atoms with Crippen LogP contribution in [-0.4, -0.2) is 36.6 Å². The number of methoxy groups -OCH3 is 1. The maximum atomic E-state index is 12.2. The second-order valence-electron chi connectivity index (χ2n) is 6.75. The third-order valence-electron chi connectivity index (χ3n) is 4.10. The molecule has 2 aromatic rings. The first-order chi connectivity index (χ1) is 15.2. The first-order valence-electron chi connectivity index (χ1n) is 9.42. The molecule has 1 aliphatic rings. The van der Waals surface area contributed by atoms with Crippen molar-refractivity contribution in [3.05, 3.63) is 57.5 Å². The smallest absolute Gasteiger partial charge is 0.286 e. The molecule has 0 atom stereocenters. The van der Waals surface area contributed by atoms with E-state index in [-0.39, 0.29) is 34.4 Å². The second-order valence-corrected chi connectivity index (χ2v) is 8.19. The van der Waals surface area contributed by atoms with Gasteiger partial charge in [0, 0.05) is 12.6 Å². The van der Waals surface area contributed by atoms with Gasteiger partial charge in [-0.1, -0.05) is 23.7 Å². The molecule has 0 radical (unpaired) electrons. The summed E-state index contributed by atoms with van der Waals surface area (Å²) in [4.78, 5) is 39.6. The molecule has 0 bridgehead atoms.